The molecular weight excluding hydrogens is 524 g/mol. The fraction of sp³-hybridized carbons (Fsp3) is 0.588. The lowest BCUT2D eigenvalue weighted by Crippen LogP contribution is -2.44. The first-order valence-corrected chi connectivity index (χ1v) is 16.1. The number of aliphatic imine (C=N–C) groups is 1. The Morgan fingerprint density at radius 1 is 0.929 bits per heavy atom. The van der Waals surface area contributed by atoms with Crippen molar-refractivity contribution >= 4 is 23.5 Å². The number of likely N-dealkylation sites (N-methyl/N-ethyl adjacent to an activating group) is 1. The fourth-order valence-electron chi connectivity index (χ4n) is 7.40. The second-order valence-corrected chi connectivity index (χ2v) is 13.4. The van der Waals surface area contributed by atoms with E-state index in [1.54, 1.807) is 0 Å². The van der Waals surface area contributed by atoms with Gasteiger partial charge in [0.1, 0.15) is 17.2 Å². The molecule has 2 aromatic rings. The van der Waals surface area contributed by atoms with Crippen LogP contribution in [0.2, 0.25) is 0 Å². The lowest BCUT2D eigenvalue weighted by molar-refractivity contribution is -0.132. The van der Waals surface area contributed by atoms with Crippen LogP contribution in [0, 0.1) is 17.8 Å². The molecule has 4 heterocycles. The van der Waals surface area contributed by atoms with E-state index in [-0.39, 0.29) is 11.8 Å². The van der Waals surface area contributed by atoms with Crippen molar-refractivity contribution in [3.63, 3.8) is 0 Å². The molecule has 3 aliphatic heterocycles. The van der Waals surface area contributed by atoms with Crippen LogP contribution < -0.4 is 4.90 Å². The fourth-order valence-corrected chi connectivity index (χ4v) is 7.40. The Kier molecular flexibility index (Phi) is 7.29. The van der Waals surface area contributed by atoms with Crippen molar-refractivity contribution in [3.8, 4) is 11.1 Å². The Morgan fingerprint density at radius 2 is 1.62 bits per heavy atom. The molecule has 1 aromatic carbocycles. The lowest BCUT2D eigenvalue weighted by Gasteiger charge is -2.33. The monoisotopic (exact) mass is 568 g/mol. The SMILES string of the molecule is CC(CN1C(=O)C2(CCCC2)N=C1c1ccc(-c2ccc(N3CCN(C)CC3)nc2)cc1)C1CCN(C(=O)C2CC2)C1. The zero-order valence-electron chi connectivity index (χ0n) is 25.2. The molecule has 0 N–H and O–H groups in total. The molecule has 8 nitrogen and oxygen atoms in total. The summed E-state index contributed by atoms with van der Waals surface area (Å²) in [6, 6.07) is 12.8. The second kappa shape index (κ2) is 11.1. The molecule has 42 heavy (non-hydrogen) atoms. The second-order valence-electron chi connectivity index (χ2n) is 13.4. The Morgan fingerprint density at radius 3 is 2.29 bits per heavy atom. The first kappa shape index (κ1) is 27.6. The molecule has 8 heteroatoms. The largest absolute Gasteiger partial charge is 0.354 e. The van der Waals surface area contributed by atoms with Crippen molar-refractivity contribution in [3.05, 3.63) is 48.2 Å². The van der Waals surface area contributed by atoms with Crippen LogP contribution in [0.15, 0.2) is 47.6 Å². The average molecular weight is 569 g/mol. The van der Waals surface area contributed by atoms with Crippen molar-refractivity contribution in [1.29, 1.82) is 0 Å². The number of benzene rings is 1. The summed E-state index contributed by atoms with van der Waals surface area (Å²) in [5, 5.41) is 0. The lowest BCUT2D eigenvalue weighted by atomic mass is 9.91. The van der Waals surface area contributed by atoms with Crippen LogP contribution in [0.25, 0.3) is 11.1 Å². The van der Waals surface area contributed by atoms with Crippen LogP contribution >= 0.6 is 0 Å². The third-order valence-electron chi connectivity index (χ3n) is 10.4. The Bertz CT molecular complexity index is 1340. The van der Waals surface area contributed by atoms with Crippen molar-refractivity contribution in [2.75, 3.05) is 57.8 Å². The van der Waals surface area contributed by atoms with Gasteiger partial charge in [-0.3, -0.25) is 19.5 Å². The molecule has 0 bridgehead atoms. The Hall–Kier alpha value is -3.26. The van der Waals surface area contributed by atoms with E-state index in [0.29, 0.717) is 24.3 Å². The minimum Gasteiger partial charge on any atom is -0.354 e. The van der Waals surface area contributed by atoms with Gasteiger partial charge in [0.25, 0.3) is 5.91 Å². The maximum absolute atomic E-state index is 13.9. The van der Waals surface area contributed by atoms with Crippen LogP contribution in [-0.2, 0) is 9.59 Å². The molecule has 1 spiro atoms. The highest BCUT2D eigenvalue weighted by Gasteiger charge is 2.50. The predicted molar refractivity (Wildman–Crippen MR) is 165 cm³/mol. The summed E-state index contributed by atoms with van der Waals surface area (Å²) >= 11 is 0. The number of amidine groups is 1. The molecule has 2 saturated carbocycles. The molecule has 2 atom stereocenters. The molecule has 5 aliphatic rings. The molecule has 1 aromatic heterocycles. The average Bonchev–Trinajstić information content (AvgIpc) is 3.44. The highest BCUT2D eigenvalue weighted by atomic mass is 16.2. The molecular formula is C34H44N6O2. The number of rotatable bonds is 7. The van der Waals surface area contributed by atoms with Crippen LogP contribution in [0.5, 0.6) is 0 Å². The normalized spacial score (nSPS) is 25.0. The number of likely N-dealkylation sites (tertiary alicyclic amines) is 1. The summed E-state index contributed by atoms with van der Waals surface area (Å²) in [6.45, 7) is 8.74. The highest BCUT2D eigenvalue weighted by Crippen LogP contribution is 2.41. The smallest absolute Gasteiger partial charge is 0.256 e. The van der Waals surface area contributed by atoms with Crippen LogP contribution in [0.1, 0.15) is 57.4 Å². The van der Waals surface area contributed by atoms with Gasteiger partial charge in [-0.1, -0.05) is 44.0 Å². The number of amides is 2. The summed E-state index contributed by atoms with van der Waals surface area (Å²) < 4.78 is 0. The number of pyridine rings is 1. The maximum atomic E-state index is 13.9. The summed E-state index contributed by atoms with van der Waals surface area (Å²) in [5.74, 6) is 3.39. The number of hydrogen-bond donors (Lipinski definition) is 0. The number of carbonyl (C=O) groups excluding carboxylic acids is 2. The van der Waals surface area contributed by atoms with Crippen molar-refractivity contribution in [2.24, 2.45) is 22.7 Å². The van der Waals surface area contributed by atoms with Gasteiger partial charge in [-0.15, -0.1) is 0 Å². The van der Waals surface area contributed by atoms with E-state index in [1.165, 1.54) is 0 Å². The van der Waals surface area contributed by atoms with Gasteiger partial charge in [0.2, 0.25) is 5.91 Å². The highest BCUT2D eigenvalue weighted by molar-refractivity contribution is 6.15. The van der Waals surface area contributed by atoms with E-state index in [1.807, 2.05) is 11.1 Å². The zero-order valence-corrected chi connectivity index (χ0v) is 25.2. The summed E-state index contributed by atoms with van der Waals surface area (Å²) in [6.07, 6.45) is 8.91. The van der Waals surface area contributed by atoms with Gasteiger partial charge >= 0.3 is 0 Å². The van der Waals surface area contributed by atoms with Gasteiger partial charge in [-0.25, -0.2) is 4.98 Å². The maximum Gasteiger partial charge on any atom is 0.256 e. The number of anilines is 1. The van der Waals surface area contributed by atoms with Gasteiger partial charge in [0.15, 0.2) is 0 Å². The number of carbonyl (C=O) groups is 2. The van der Waals surface area contributed by atoms with Crippen LogP contribution in [0.3, 0.4) is 0 Å². The van der Waals surface area contributed by atoms with Gasteiger partial charge in [0.05, 0.1) is 0 Å². The third kappa shape index (κ3) is 5.23. The first-order chi connectivity index (χ1) is 20.4. The number of nitrogens with zero attached hydrogens (tertiary/aromatic N) is 6. The van der Waals surface area contributed by atoms with Crippen molar-refractivity contribution in [2.45, 2.75) is 57.4 Å². The van der Waals surface area contributed by atoms with E-state index in [4.69, 9.17) is 9.98 Å². The van der Waals surface area contributed by atoms with Crippen LogP contribution in [0.4, 0.5) is 5.82 Å². The number of aromatic nitrogens is 1. The third-order valence-corrected chi connectivity index (χ3v) is 10.4. The van der Waals surface area contributed by atoms with E-state index >= 15 is 0 Å². The number of hydrogen-bond acceptors (Lipinski definition) is 6. The Labute approximate surface area is 249 Å². The molecule has 2 aliphatic carbocycles. The minimum absolute atomic E-state index is 0.179. The Balaban J connectivity index is 1.07. The summed E-state index contributed by atoms with van der Waals surface area (Å²) in [4.78, 5) is 45.3. The quantitative estimate of drug-likeness (QED) is 0.498. The minimum atomic E-state index is -0.583. The van der Waals surface area contributed by atoms with Crippen molar-refractivity contribution < 1.29 is 9.59 Å². The summed E-state index contributed by atoms with van der Waals surface area (Å²) in [7, 11) is 2.17. The molecule has 2 saturated heterocycles. The summed E-state index contributed by atoms with van der Waals surface area (Å²) in [5.41, 5.74) is 2.62. The van der Waals surface area contributed by atoms with E-state index in [9.17, 15) is 9.59 Å². The first-order valence-electron chi connectivity index (χ1n) is 16.1. The van der Waals surface area contributed by atoms with Crippen LogP contribution in [-0.4, -0.2) is 95.7 Å². The van der Waals surface area contributed by atoms with Gasteiger partial charge in [0, 0.05) is 69.1 Å². The molecule has 222 valence electrons. The molecule has 2 amide bonds. The molecule has 7 rings (SSSR count). The van der Waals surface area contributed by atoms with Crippen molar-refractivity contribution in [1.82, 2.24) is 19.7 Å². The van der Waals surface area contributed by atoms with E-state index < -0.39 is 5.54 Å². The number of piperazine rings is 1. The standard InChI is InChI=1S/C34H44N6O2/c1-24(29-13-16-39(23-29)32(41)27-9-10-27)22-40-31(36-34(33(40)42)14-3-4-15-34)26-7-5-25(6-8-26)28-11-12-30(35-21-28)38-19-17-37(2)18-20-38/h5-8,11-12,21,24,27,29H,3-4,9-10,13-20,22-23H2,1-2H3. The van der Waals surface area contributed by atoms with E-state index in [0.717, 1.165) is 113 Å². The predicted octanol–water partition coefficient (Wildman–Crippen LogP) is 4.30. The molecule has 2 unspecified atom stereocenters. The molecule has 4 fully saturated rings. The zero-order chi connectivity index (χ0) is 28.8. The van der Waals surface area contributed by atoms with Gasteiger partial charge in [-0.05, 0) is 68.7 Å². The topological polar surface area (TPSA) is 72.4 Å². The molecule has 0 radical (unpaired) electrons. The van der Waals surface area contributed by atoms with Gasteiger partial charge < -0.3 is 14.7 Å². The van der Waals surface area contributed by atoms with E-state index in [2.05, 4.69) is 65.1 Å². The van der Waals surface area contributed by atoms with Gasteiger partial charge in [-0.2, -0.15) is 0 Å².